The van der Waals surface area contributed by atoms with E-state index in [0.717, 1.165) is 0 Å². The Hall–Kier alpha value is -3.81. The number of carbonyl (C=O) groups excluding carboxylic acids is 1. The number of benzene rings is 2. The van der Waals surface area contributed by atoms with Gasteiger partial charge in [-0.05, 0) is 36.4 Å². The van der Waals surface area contributed by atoms with Gasteiger partial charge in [-0.1, -0.05) is 0 Å². The molecule has 0 aliphatic heterocycles. The van der Waals surface area contributed by atoms with Gasteiger partial charge in [-0.25, -0.2) is 9.78 Å². The van der Waals surface area contributed by atoms with Crippen LogP contribution in [0.25, 0.3) is 33.7 Å². The monoisotopic (exact) mass is 365 g/mol. The van der Waals surface area contributed by atoms with Gasteiger partial charge in [0.2, 0.25) is 5.76 Å². The van der Waals surface area contributed by atoms with E-state index in [9.17, 15) is 9.59 Å². The molecular weight excluding hydrogens is 350 g/mol. The Morgan fingerprint density at radius 2 is 1.74 bits per heavy atom. The number of aromatic nitrogens is 1. The maximum Gasteiger partial charge on any atom is 0.335 e. The number of hydrogen-bond acceptors (Lipinski definition) is 6. The molecule has 0 atom stereocenters. The number of nitrogens with zero attached hydrogens (tertiary/aromatic N) is 2. The van der Waals surface area contributed by atoms with Gasteiger partial charge in [0.1, 0.15) is 11.1 Å². The minimum Gasteiger partial charge on any atom is -0.478 e. The van der Waals surface area contributed by atoms with Crippen molar-refractivity contribution in [3.8, 4) is 11.7 Å². The molecule has 27 heavy (non-hydrogen) atoms. The van der Waals surface area contributed by atoms with Crippen LogP contribution in [0, 0.1) is 0 Å². The van der Waals surface area contributed by atoms with Crippen LogP contribution in [0.5, 0.6) is 0 Å². The van der Waals surface area contributed by atoms with Gasteiger partial charge in [-0.3, -0.25) is 4.79 Å². The van der Waals surface area contributed by atoms with E-state index < -0.39 is 5.97 Å². The molecule has 2 aromatic heterocycles. The van der Waals surface area contributed by atoms with Gasteiger partial charge in [0.05, 0.1) is 11.3 Å². The molecule has 2 aromatic carbocycles. The van der Waals surface area contributed by atoms with E-state index in [1.54, 1.807) is 38.4 Å². The molecule has 0 aliphatic carbocycles. The molecule has 136 valence electrons. The largest absolute Gasteiger partial charge is 0.478 e. The molecule has 0 spiro atoms. The van der Waals surface area contributed by atoms with Crippen LogP contribution in [0.15, 0.2) is 45.2 Å². The Morgan fingerprint density at radius 1 is 1.04 bits per heavy atom. The Bertz CT molecular complexity index is 1220. The fraction of sp³-hybridized carbons (Fsp3) is 0.105. The van der Waals surface area contributed by atoms with Gasteiger partial charge < -0.3 is 24.6 Å². The van der Waals surface area contributed by atoms with E-state index in [0.29, 0.717) is 33.3 Å². The second kappa shape index (κ2) is 5.87. The van der Waals surface area contributed by atoms with Gasteiger partial charge in [-0.2, -0.15) is 0 Å². The lowest BCUT2D eigenvalue weighted by molar-refractivity contribution is 0.0696. The lowest BCUT2D eigenvalue weighted by Gasteiger charge is -2.09. The summed E-state index contributed by atoms with van der Waals surface area (Å²) in [6.45, 7) is 0. The highest BCUT2D eigenvalue weighted by Crippen LogP contribution is 2.37. The van der Waals surface area contributed by atoms with Crippen molar-refractivity contribution in [1.29, 1.82) is 0 Å². The van der Waals surface area contributed by atoms with Crippen molar-refractivity contribution in [1.82, 2.24) is 9.88 Å². The molecule has 4 rings (SSSR count). The summed E-state index contributed by atoms with van der Waals surface area (Å²) in [5.41, 5.74) is 8.30. The fourth-order valence-corrected chi connectivity index (χ4v) is 2.82. The zero-order chi connectivity index (χ0) is 19.3. The highest BCUT2D eigenvalue weighted by molar-refractivity contribution is 6.02. The third kappa shape index (κ3) is 2.67. The summed E-state index contributed by atoms with van der Waals surface area (Å²) in [6, 6.07) is 9.38. The molecule has 3 N–H and O–H groups in total. The van der Waals surface area contributed by atoms with Crippen LogP contribution in [0.1, 0.15) is 20.7 Å². The number of nitrogen functional groups attached to an aromatic ring is 1. The van der Waals surface area contributed by atoms with Gasteiger partial charge in [0.15, 0.2) is 5.58 Å². The molecule has 0 radical (unpaired) electrons. The molecule has 2 heterocycles. The fourth-order valence-electron chi connectivity index (χ4n) is 2.82. The Balaban J connectivity index is 1.83. The third-order valence-electron chi connectivity index (χ3n) is 4.21. The van der Waals surface area contributed by atoms with Gasteiger partial charge in [0, 0.05) is 25.0 Å². The molecule has 0 saturated heterocycles. The van der Waals surface area contributed by atoms with Crippen molar-refractivity contribution in [3.63, 3.8) is 0 Å². The molecule has 0 saturated carbocycles. The molecule has 1 amide bonds. The Labute approximate surface area is 152 Å². The second-order valence-electron chi connectivity index (χ2n) is 6.26. The van der Waals surface area contributed by atoms with Crippen molar-refractivity contribution in [2.24, 2.45) is 0 Å². The molecule has 8 heteroatoms. The van der Waals surface area contributed by atoms with E-state index in [-0.39, 0.29) is 23.1 Å². The number of aromatic carboxylic acids is 1. The zero-order valence-corrected chi connectivity index (χ0v) is 14.5. The molecule has 0 aliphatic rings. The first-order valence-corrected chi connectivity index (χ1v) is 8.03. The van der Waals surface area contributed by atoms with E-state index in [4.69, 9.17) is 19.7 Å². The smallest absolute Gasteiger partial charge is 0.335 e. The number of hydrogen-bond donors (Lipinski definition) is 2. The summed E-state index contributed by atoms with van der Waals surface area (Å²) >= 11 is 0. The number of amides is 1. The highest BCUT2D eigenvalue weighted by atomic mass is 16.4. The average Bonchev–Trinajstić information content (AvgIpc) is 3.20. The van der Waals surface area contributed by atoms with Crippen molar-refractivity contribution in [2.45, 2.75) is 0 Å². The van der Waals surface area contributed by atoms with E-state index >= 15 is 0 Å². The van der Waals surface area contributed by atoms with Crippen LogP contribution >= 0.6 is 0 Å². The van der Waals surface area contributed by atoms with Crippen molar-refractivity contribution in [3.05, 3.63) is 47.5 Å². The van der Waals surface area contributed by atoms with Gasteiger partial charge >= 0.3 is 5.97 Å². The summed E-state index contributed by atoms with van der Waals surface area (Å²) in [4.78, 5) is 29.0. The first kappa shape index (κ1) is 16.6. The number of nitrogens with two attached hydrogens (primary N) is 1. The number of carboxylic acid groups (broad SMARTS) is 1. The summed E-state index contributed by atoms with van der Waals surface area (Å²) in [7, 11) is 3.33. The summed E-state index contributed by atoms with van der Waals surface area (Å²) in [6.07, 6.45) is 0. The maximum absolute atomic E-state index is 12.1. The summed E-state index contributed by atoms with van der Waals surface area (Å²) in [5, 5.41) is 9.72. The first-order chi connectivity index (χ1) is 12.8. The van der Waals surface area contributed by atoms with E-state index in [2.05, 4.69) is 4.98 Å². The summed E-state index contributed by atoms with van der Waals surface area (Å²) < 4.78 is 11.4. The molecule has 0 unspecified atom stereocenters. The number of carboxylic acids is 1. The molecule has 0 bridgehead atoms. The van der Waals surface area contributed by atoms with Crippen LogP contribution in [-0.4, -0.2) is 41.0 Å². The number of oxazole rings is 1. The average molecular weight is 365 g/mol. The number of rotatable bonds is 3. The molecule has 4 aromatic rings. The normalized spacial score (nSPS) is 11.2. The SMILES string of the molecule is CN(C)C(=O)c1ccc2c(N)c(-c3nc4ccc(C(=O)O)cc4o3)oc2c1. The van der Waals surface area contributed by atoms with Gasteiger partial charge in [-0.15, -0.1) is 0 Å². The van der Waals surface area contributed by atoms with Crippen LogP contribution < -0.4 is 5.73 Å². The van der Waals surface area contributed by atoms with Crippen LogP contribution in [0.4, 0.5) is 5.69 Å². The maximum atomic E-state index is 12.1. The topological polar surface area (TPSA) is 123 Å². The highest BCUT2D eigenvalue weighted by Gasteiger charge is 2.20. The minimum absolute atomic E-state index is 0.0922. The van der Waals surface area contributed by atoms with Crippen LogP contribution in [0.3, 0.4) is 0 Å². The lowest BCUT2D eigenvalue weighted by atomic mass is 10.1. The Kier molecular flexibility index (Phi) is 3.62. The molecule has 8 nitrogen and oxygen atoms in total. The second-order valence-corrected chi connectivity index (χ2v) is 6.26. The summed E-state index contributed by atoms with van der Waals surface area (Å²) in [5.74, 6) is -0.845. The predicted molar refractivity (Wildman–Crippen MR) is 98.6 cm³/mol. The van der Waals surface area contributed by atoms with Crippen molar-refractivity contribution >= 4 is 39.6 Å². The number of fused-ring (bicyclic) bond motifs is 2. The molecular formula is C19H15N3O5. The lowest BCUT2D eigenvalue weighted by Crippen LogP contribution is -2.21. The third-order valence-corrected chi connectivity index (χ3v) is 4.21. The number of carbonyl (C=O) groups is 2. The Morgan fingerprint density at radius 3 is 2.44 bits per heavy atom. The van der Waals surface area contributed by atoms with Crippen LogP contribution in [0.2, 0.25) is 0 Å². The standard InChI is InChI=1S/C19H15N3O5/c1-22(2)18(23)9-3-5-11-13(7-9)26-16(15(11)20)17-21-12-6-4-10(19(24)25)8-14(12)27-17/h3-8H,20H2,1-2H3,(H,24,25). The van der Waals surface area contributed by atoms with E-state index in [1.165, 1.54) is 17.0 Å². The number of furan rings is 1. The van der Waals surface area contributed by atoms with Crippen LogP contribution in [-0.2, 0) is 0 Å². The number of anilines is 1. The first-order valence-electron chi connectivity index (χ1n) is 8.03. The van der Waals surface area contributed by atoms with Crippen molar-refractivity contribution < 1.29 is 23.5 Å². The minimum atomic E-state index is -1.06. The predicted octanol–water partition coefficient (Wildman–Crippen LogP) is 3.22. The van der Waals surface area contributed by atoms with Crippen molar-refractivity contribution in [2.75, 3.05) is 19.8 Å². The molecule has 0 fully saturated rings. The quantitative estimate of drug-likeness (QED) is 0.571. The van der Waals surface area contributed by atoms with E-state index in [1.807, 2.05) is 0 Å². The van der Waals surface area contributed by atoms with Gasteiger partial charge in [0.25, 0.3) is 11.8 Å². The zero-order valence-electron chi connectivity index (χ0n) is 14.5.